The van der Waals surface area contributed by atoms with E-state index in [0.29, 0.717) is 11.7 Å². The van der Waals surface area contributed by atoms with Gasteiger partial charge in [-0.15, -0.1) is 11.3 Å². The van der Waals surface area contributed by atoms with Crippen molar-refractivity contribution >= 4 is 43.7 Å². The number of thiazole rings is 1. The quantitative estimate of drug-likeness (QED) is 0.213. The number of aromatic nitrogens is 4. The number of nitrogens with zero attached hydrogens (tertiary/aromatic N) is 4. The minimum Gasteiger partial charge on any atom is -0.334 e. The van der Waals surface area contributed by atoms with E-state index in [-0.39, 0.29) is 4.90 Å². The lowest BCUT2D eigenvalue weighted by molar-refractivity contribution is 0.425. The Morgan fingerprint density at radius 1 is 0.923 bits per heavy atom. The van der Waals surface area contributed by atoms with Gasteiger partial charge in [-0.05, 0) is 66.1 Å². The first-order valence-corrected chi connectivity index (χ1v) is 14.8. The van der Waals surface area contributed by atoms with E-state index in [0.717, 1.165) is 49.3 Å². The van der Waals surface area contributed by atoms with E-state index in [1.165, 1.54) is 17.6 Å². The lowest BCUT2D eigenvalue weighted by Gasteiger charge is -2.10. The predicted octanol–water partition coefficient (Wildman–Crippen LogP) is 6.71. The molecule has 0 aliphatic rings. The largest absolute Gasteiger partial charge is 0.334 e. The predicted molar refractivity (Wildman–Crippen MR) is 154 cm³/mol. The maximum atomic E-state index is 12.0. The van der Waals surface area contributed by atoms with Crippen molar-refractivity contribution in [1.82, 2.24) is 20.1 Å². The van der Waals surface area contributed by atoms with E-state index in [9.17, 15) is 8.42 Å². The minimum atomic E-state index is -3.29. The molecule has 6 rings (SSSR count). The molecule has 3 heterocycles. The third kappa shape index (κ3) is 5.14. The molecule has 0 unspecified atom stereocenters. The standard InChI is InChI=1S/C30H22N4O3S2/c1-19-33-29(37-34-19)24-17-23-7-4-12-31-28(23)26(18-24)22-6-3-5-20(15-22)16-27(30-32-13-14-38-30)21-8-10-25(11-9-21)39(2,35)36/h3-18H,1-2H3/b27-16-. The topological polar surface area (TPSA) is 98.8 Å². The van der Waals surface area contributed by atoms with E-state index in [2.05, 4.69) is 32.3 Å². The normalized spacial score (nSPS) is 12.2. The van der Waals surface area contributed by atoms with Crippen molar-refractivity contribution in [2.24, 2.45) is 0 Å². The van der Waals surface area contributed by atoms with E-state index in [1.807, 2.05) is 60.0 Å². The molecule has 6 aromatic rings. The number of hydrogen-bond donors (Lipinski definition) is 0. The zero-order valence-electron chi connectivity index (χ0n) is 21.1. The Balaban J connectivity index is 1.48. The number of fused-ring (bicyclic) bond motifs is 1. The number of rotatable bonds is 6. The molecule has 0 N–H and O–H groups in total. The molecule has 0 spiro atoms. The van der Waals surface area contributed by atoms with Crippen LogP contribution in [0.1, 0.15) is 22.0 Å². The van der Waals surface area contributed by atoms with Crippen LogP contribution in [0.25, 0.3) is 45.1 Å². The highest BCUT2D eigenvalue weighted by atomic mass is 32.2. The number of pyridine rings is 1. The summed E-state index contributed by atoms with van der Waals surface area (Å²) in [5.41, 5.74) is 6.37. The summed E-state index contributed by atoms with van der Waals surface area (Å²) < 4.78 is 29.4. The van der Waals surface area contributed by atoms with E-state index in [4.69, 9.17) is 4.52 Å². The van der Waals surface area contributed by atoms with Crippen molar-refractivity contribution in [1.29, 1.82) is 0 Å². The Bertz CT molecular complexity index is 1940. The van der Waals surface area contributed by atoms with E-state index < -0.39 is 9.84 Å². The van der Waals surface area contributed by atoms with Crippen LogP contribution in [0, 0.1) is 6.92 Å². The Hall–Kier alpha value is -4.47. The number of aryl methyl sites for hydroxylation is 1. The zero-order valence-corrected chi connectivity index (χ0v) is 22.7. The van der Waals surface area contributed by atoms with Crippen molar-refractivity contribution in [3.05, 3.63) is 113 Å². The molecule has 39 heavy (non-hydrogen) atoms. The Morgan fingerprint density at radius 3 is 2.49 bits per heavy atom. The van der Waals surface area contributed by atoms with Gasteiger partial charge in [-0.25, -0.2) is 13.4 Å². The van der Waals surface area contributed by atoms with Gasteiger partial charge in [-0.3, -0.25) is 4.98 Å². The van der Waals surface area contributed by atoms with Gasteiger partial charge < -0.3 is 4.52 Å². The van der Waals surface area contributed by atoms with Gasteiger partial charge >= 0.3 is 0 Å². The summed E-state index contributed by atoms with van der Waals surface area (Å²) in [5.74, 6) is 1.03. The second-order valence-corrected chi connectivity index (χ2v) is 12.0. The number of sulfone groups is 1. The van der Waals surface area contributed by atoms with Crippen LogP contribution in [0.15, 0.2) is 100.0 Å². The fourth-order valence-electron chi connectivity index (χ4n) is 4.42. The van der Waals surface area contributed by atoms with Crippen molar-refractivity contribution in [3.63, 3.8) is 0 Å². The van der Waals surface area contributed by atoms with Crippen LogP contribution in [0.2, 0.25) is 0 Å². The summed E-state index contributed by atoms with van der Waals surface area (Å²) in [6.45, 7) is 1.79. The first-order valence-electron chi connectivity index (χ1n) is 12.1. The van der Waals surface area contributed by atoms with Crippen molar-refractivity contribution in [3.8, 4) is 22.6 Å². The Kier molecular flexibility index (Phi) is 6.38. The van der Waals surface area contributed by atoms with Gasteiger partial charge in [-0.1, -0.05) is 41.6 Å². The molecule has 0 atom stereocenters. The van der Waals surface area contributed by atoms with Crippen LogP contribution >= 0.6 is 11.3 Å². The minimum absolute atomic E-state index is 0.280. The van der Waals surface area contributed by atoms with Crippen molar-refractivity contribution < 1.29 is 12.9 Å². The molecule has 0 radical (unpaired) electrons. The summed E-state index contributed by atoms with van der Waals surface area (Å²) in [4.78, 5) is 13.9. The Labute approximate surface area is 229 Å². The number of benzene rings is 3. The molecule has 0 amide bonds. The van der Waals surface area contributed by atoms with Gasteiger partial charge in [0, 0.05) is 46.1 Å². The summed E-state index contributed by atoms with van der Waals surface area (Å²) >= 11 is 1.53. The second-order valence-electron chi connectivity index (χ2n) is 9.06. The first kappa shape index (κ1) is 24.8. The molecular weight excluding hydrogens is 528 g/mol. The lowest BCUT2D eigenvalue weighted by Crippen LogP contribution is -1.97. The maximum absolute atomic E-state index is 12.0. The fourth-order valence-corrected chi connectivity index (χ4v) is 5.73. The number of hydrogen-bond acceptors (Lipinski definition) is 8. The van der Waals surface area contributed by atoms with Gasteiger partial charge in [0.2, 0.25) is 0 Å². The van der Waals surface area contributed by atoms with Gasteiger partial charge in [0.05, 0.1) is 10.4 Å². The lowest BCUT2D eigenvalue weighted by atomic mass is 9.96. The molecular formula is C30H22N4O3S2. The average molecular weight is 551 g/mol. The van der Waals surface area contributed by atoms with Crippen molar-refractivity contribution in [2.75, 3.05) is 6.26 Å². The Morgan fingerprint density at radius 2 is 1.77 bits per heavy atom. The van der Waals surface area contributed by atoms with E-state index in [1.54, 1.807) is 31.5 Å². The van der Waals surface area contributed by atoms with Crippen LogP contribution in [0.3, 0.4) is 0 Å². The second kappa shape index (κ2) is 10.0. The zero-order chi connectivity index (χ0) is 27.0. The third-order valence-corrected chi connectivity index (χ3v) is 8.18. The van der Waals surface area contributed by atoms with Crippen molar-refractivity contribution in [2.45, 2.75) is 11.8 Å². The summed E-state index contributed by atoms with van der Waals surface area (Å²) in [6.07, 6.45) is 6.82. The van der Waals surface area contributed by atoms with Crippen LogP contribution in [0.5, 0.6) is 0 Å². The summed E-state index contributed by atoms with van der Waals surface area (Å²) in [6, 6.07) is 23.0. The van der Waals surface area contributed by atoms with Crippen LogP contribution in [-0.2, 0) is 9.84 Å². The highest BCUT2D eigenvalue weighted by Gasteiger charge is 2.15. The highest BCUT2D eigenvalue weighted by molar-refractivity contribution is 7.90. The van der Waals surface area contributed by atoms with Gasteiger partial charge in [-0.2, -0.15) is 4.98 Å². The van der Waals surface area contributed by atoms with Crippen LogP contribution in [0.4, 0.5) is 0 Å². The molecule has 0 saturated carbocycles. The smallest absolute Gasteiger partial charge is 0.257 e. The molecule has 0 fully saturated rings. The monoisotopic (exact) mass is 550 g/mol. The molecule has 9 heteroatoms. The fraction of sp³-hybridized carbons (Fsp3) is 0.0667. The highest BCUT2D eigenvalue weighted by Crippen LogP contribution is 2.34. The summed E-state index contributed by atoms with van der Waals surface area (Å²) in [7, 11) is -3.29. The van der Waals surface area contributed by atoms with Gasteiger partial charge in [0.1, 0.15) is 5.01 Å². The first-order chi connectivity index (χ1) is 18.8. The maximum Gasteiger partial charge on any atom is 0.257 e. The molecule has 7 nitrogen and oxygen atoms in total. The molecule has 3 aromatic heterocycles. The van der Waals surface area contributed by atoms with Gasteiger partial charge in [0.25, 0.3) is 5.89 Å². The third-order valence-electron chi connectivity index (χ3n) is 6.24. The van der Waals surface area contributed by atoms with E-state index >= 15 is 0 Å². The summed E-state index contributed by atoms with van der Waals surface area (Å²) in [5, 5.41) is 7.68. The molecule has 192 valence electrons. The molecule has 0 aliphatic carbocycles. The molecule has 0 aliphatic heterocycles. The van der Waals surface area contributed by atoms with Gasteiger partial charge in [0.15, 0.2) is 15.7 Å². The molecule has 0 bridgehead atoms. The average Bonchev–Trinajstić information content (AvgIpc) is 3.63. The SMILES string of the molecule is Cc1noc(-c2cc(-c3cccc(/C=C(/c4ccc(S(C)(=O)=O)cc4)c4nccs4)c3)c3ncccc3c2)n1. The van der Waals surface area contributed by atoms with Crippen LogP contribution in [-0.4, -0.2) is 34.8 Å². The molecule has 0 saturated heterocycles. The molecule has 3 aromatic carbocycles. The van der Waals surface area contributed by atoms with Crippen LogP contribution < -0.4 is 0 Å².